The summed E-state index contributed by atoms with van der Waals surface area (Å²) in [6.45, 7) is 2.64. The SMILES string of the molecule is CC(=O)O[C@@H]1[C@H](OC(C)=O)[C@H]2C=C[C@@H]1O2. The zero-order valence-corrected chi connectivity index (χ0v) is 8.51. The average Bonchev–Trinajstić information content (AvgIpc) is 2.67. The molecule has 2 rings (SSSR count). The third-order valence-corrected chi connectivity index (χ3v) is 2.38. The number of carbonyl (C=O) groups excluding carboxylic acids is 2. The van der Waals surface area contributed by atoms with Gasteiger partial charge >= 0.3 is 11.9 Å². The first-order valence-corrected chi connectivity index (χ1v) is 4.76. The topological polar surface area (TPSA) is 61.8 Å². The lowest BCUT2D eigenvalue weighted by Gasteiger charge is -2.23. The van der Waals surface area contributed by atoms with Crippen LogP contribution >= 0.6 is 0 Å². The normalized spacial score (nSPS) is 36.7. The van der Waals surface area contributed by atoms with Crippen molar-refractivity contribution in [3.63, 3.8) is 0 Å². The zero-order chi connectivity index (χ0) is 11.0. The highest BCUT2D eigenvalue weighted by molar-refractivity contribution is 5.67. The van der Waals surface area contributed by atoms with Gasteiger partial charge in [0.15, 0.2) is 12.2 Å². The smallest absolute Gasteiger partial charge is 0.303 e. The minimum absolute atomic E-state index is 0.289. The first-order valence-electron chi connectivity index (χ1n) is 4.76. The van der Waals surface area contributed by atoms with Crippen molar-refractivity contribution in [1.29, 1.82) is 0 Å². The van der Waals surface area contributed by atoms with Gasteiger partial charge in [0.05, 0.1) is 0 Å². The first kappa shape index (κ1) is 10.2. The molecule has 0 N–H and O–H groups in total. The molecular weight excluding hydrogens is 200 g/mol. The Morgan fingerprint density at radius 3 is 1.73 bits per heavy atom. The molecule has 2 aliphatic rings. The molecule has 0 spiro atoms. The van der Waals surface area contributed by atoms with E-state index in [9.17, 15) is 9.59 Å². The lowest BCUT2D eigenvalue weighted by molar-refractivity contribution is -0.163. The molecule has 2 heterocycles. The van der Waals surface area contributed by atoms with Crippen LogP contribution in [-0.2, 0) is 23.8 Å². The molecule has 0 saturated carbocycles. The van der Waals surface area contributed by atoms with E-state index < -0.39 is 24.1 Å². The molecule has 82 valence electrons. The van der Waals surface area contributed by atoms with Gasteiger partial charge < -0.3 is 14.2 Å². The standard InChI is InChI=1S/C10H12O5/c1-5(11)13-9-7-3-4-8(15-7)10(9)14-6(2)12/h3-4,7-10H,1-2H3/t7-,8+,9-,10+. The maximum absolute atomic E-state index is 10.9. The fraction of sp³-hybridized carbons (Fsp3) is 0.600. The summed E-state index contributed by atoms with van der Waals surface area (Å²) in [6, 6.07) is 0. The number of hydrogen-bond donors (Lipinski definition) is 0. The predicted octanol–water partition coefficient (Wildman–Crippen LogP) is 0.187. The van der Waals surface area contributed by atoms with Crippen molar-refractivity contribution < 1.29 is 23.8 Å². The van der Waals surface area contributed by atoms with Gasteiger partial charge in [-0.15, -0.1) is 0 Å². The monoisotopic (exact) mass is 212 g/mol. The average molecular weight is 212 g/mol. The minimum atomic E-state index is -0.513. The van der Waals surface area contributed by atoms with Crippen LogP contribution in [0, 0.1) is 0 Å². The summed E-state index contributed by atoms with van der Waals surface area (Å²) < 4.78 is 15.6. The second-order valence-corrected chi connectivity index (χ2v) is 3.60. The summed E-state index contributed by atoms with van der Waals surface area (Å²) in [7, 11) is 0. The second kappa shape index (κ2) is 3.66. The van der Waals surface area contributed by atoms with Crippen LogP contribution in [0.15, 0.2) is 12.2 Å². The molecule has 1 fully saturated rings. The van der Waals surface area contributed by atoms with Gasteiger partial charge in [-0.25, -0.2) is 0 Å². The van der Waals surface area contributed by atoms with E-state index in [1.54, 1.807) is 0 Å². The molecule has 1 saturated heterocycles. The Balaban J connectivity index is 2.09. The van der Waals surface area contributed by atoms with Gasteiger partial charge in [0.2, 0.25) is 0 Å². The summed E-state index contributed by atoms with van der Waals surface area (Å²) in [5, 5.41) is 0. The van der Waals surface area contributed by atoms with Crippen molar-refractivity contribution in [2.75, 3.05) is 0 Å². The van der Waals surface area contributed by atoms with Gasteiger partial charge in [-0.05, 0) is 0 Å². The zero-order valence-electron chi connectivity index (χ0n) is 8.51. The van der Waals surface area contributed by atoms with Gasteiger partial charge in [-0.1, -0.05) is 12.2 Å². The van der Waals surface area contributed by atoms with Gasteiger partial charge in [-0.2, -0.15) is 0 Å². The van der Waals surface area contributed by atoms with Gasteiger partial charge in [0.25, 0.3) is 0 Å². The fourth-order valence-corrected chi connectivity index (χ4v) is 1.89. The van der Waals surface area contributed by atoms with E-state index in [4.69, 9.17) is 14.2 Å². The number of esters is 2. The van der Waals surface area contributed by atoms with E-state index in [2.05, 4.69) is 0 Å². The van der Waals surface area contributed by atoms with Crippen LogP contribution in [0.3, 0.4) is 0 Å². The summed E-state index contributed by atoms with van der Waals surface area (Å²) in [6.07, 6.45) is 2.03. The molecule has 0 unspecified atom stereocenters. The molecule has 0 aromatic heterocycles. The van der Waals surface area contributed by atoms with Crippen LogP contribution in [-0.4, -0.2) is 36.4 Å². The van der Waals surface area contributed by atoms with Crippen LogP contribution in [0.4, 0.5) is 0 Å². The minimum Gasteiger partial charge on any atom is -0.455 e. The van der Waals surface area contributed by atoms with Crippen molar-refractivity contribution >= 4 is 11.9 Å². The Morgan fingerprint density at radius 1 is 1.00 bits per heavy atom. The summed E-state index contributed by atoms with van der Waals surface area (Å²) >= 11 is 0. The van der Waals surface area contributed by atoms with E-state index in [0.29, 0.717) is 0 Å². The molecule has 5 nitrogen and oxygen atoms in total. The largest absolute Gasteiger partial charge is 0.455 e. The van der Waals surface area contributed by atoms with Gasteiger partial charge in [-0.3, -0.25) is 9.59 Å². The highest BCUT2D eigenvalue weighted by Crippen LogP contribution is 2.33. The fourth-order valence-electron chi connectivity index (χ4n) is 1.89. The highest BCUT2D eigenvalue weighted by atomic mass is 16.6. The number of ether oxygens (including phenoxy) is 3. The van der Waals surface area contributed by atoms with Crippen molar-refractivity contribution in [3.05, 3.63) is 12.2 Å². The highest BCUT2D eigenvalue weighted by Gasteiger charge is 2.50. The number of rotatable bonds is 2. The molecule has 0 amide bonds. The molecule has 4 atom stereocenters. The molecule has 0 aromatic carbocycles. The van der Waals surface area contributed by atoms with E-state index in [1.165, 1.54) is 13.8 Å². The third kappa shape index (κ3) is 1.87. The number of fused-ring (bicyclic) bond motifs is 2. The summed E-state index contributed by atoms with van der Waals surface area (Å²) in [4.78, 5) is 21.7. The molecule has 2 bridgehead atoms. The van der Waals surface area contributed by atoms with E-state index in [0.717, 1.165) is 0 Å². The van der Waals surface area contributed by atoms with Crippen molar-refractivity contribution in [1.82, 2.24) is 0 Å². The van der Waals surface area contributed by atoms with E-state index in [1.807, 2.05) is 12.2 Å². The molecule has 0 radical (unpaired) electrons. The quantitative estimate of drug-likeness (QED) is 0.483. The lowest BCUT2D eigenvalue weighted by atomic mass is 10.0. The number of carbonyl (C=O) groups is 2. The summed E-state index contributed by atoms with van der Waals surface area (Å²) in [5.74, 6) is -0.802. The van der Waals surface area contributed by atoms with E-state index >= 15 is 0 Å². The molecule has 2 aliphatic heterocycles. The van der Waals surface area contributed by atoms with Crippen LogP contribution in [0.1, 0.15) is 13.8 Å². The van der Waals surface area contributed by atoms with Crippen LogP contribution in [0.2, 0.25) is 0 Å². The van der Waals surface area contributed by atoms with Crippen LogP contribution in [0.5, 0.6) is 0 Å². The summed E-state index contributed by atoms with van der Waals surface area (Å²) in [5.41, 5.74) is 0. The molecule has 0 aliphatic carbocycles. The molecule has 0 aromatic rings. The third-order valence-electron chi connectivity index (χ3n) is 2.38. The van der Waals surface area contributed by atoms with E-state index in [-0.39, 0.29) is 12.2 Å². The first-order chi connectivity index (χ1) is 7.08. The molecule has 5 heteroatoms. The van der Waals surface area contributed by atoms with Crippen LogP contribution < -0.4 is 0 Å². The Kier molecular flexibility index (Phi) is 2.48. The van der Waals surface area contributed by atoms with Crippen molar-refractivity contribution in [3.8, 4) is 0 Å². The van der Waals surface area contributed by atoms with Gasteiger partial charge in [0.1, 0.15) is 12.2 Å². The molecule has 15 heavy (non-hydrogen) atoms. The van der Waals surface area contributed by atoms with Crippen LogP contribution in [0.25, 0.3) is 0 Å². The predicted molar refractivity (Wildman–Crippen MR) is 48.9 cm³/mol. The Bertz CT molecular complexity index is 292. The Hall–Kier alpha value is -1.36. The van der Waals surface area contributed by atoms with Gasteiger partial charge in [0, 0.05) is 13.8 Å². The lowest BCUT2D eigenvalue weighted by Crippen LogP contribution is -2.40. The maximum atomic E-state index is 10.9. The second-order valence-electron chi connectivity index (χ2n) is 3.60. The Labute approximate surface area is 87.0 Å². The number of hydrogen-bond acceptors (Lipinski definition) is 5. The molecular formula is C10H12O5. The van der Waals surface area contributed by atoms with Crippen molar-refractivity contribution in [2.24, 2.45) is 0 Å². The maximum Gasteiger partial charge on any atom is 0.303 e. The Morgan fingerprint density at radius 2 is 1.40 bits per heavy atom. The van der Waals surface area contributed by atoms with Crippen molar-refractivity contribution in [2.45, 2.75) is 38.3 Å².